The monoisotopic (exact) mass is 313 g/mol. The largest absolute Gasteiger partial charge is 0.349 e. The van der Waals surface area contributed by atoms with E-state index in [0.29, 0.717) is 4.47 Å². The second-order valence-corrected chi connectivity index (χ2v) is 5.70. The van der Waals surface area contributed by atoms with Gasteiger partial charge in [0.2, 0.25) is 0 Å². The second-order valence-electron chi connectivity index (χ2n) is 4.79. The third kappa shape index (κ3) is 3.55. The number of amides is 1. The van der Waals surface area contributed by atoms with Gasteiger partial charge in [-0.3, -0.25) is 4.79 Å². The molecule has 0 saturated heterocycles. The Bertz CT molecular complexity index is 428. The molecule has 2 nitrogen and oxygen atoms in total. The van der Waals surface area contributed by atoms with Crippen LogP contribution in [-0.4, -0.2) is 11.9 Å². The summed E-state index contributed by atoms with van der Waals surface area (Å²) < 4.78 is 14.3. The minimum Gasteiger partial charge on any atom is -0.349 e. The average molecular weight is 314 g/mol. The summed E-state index contributed by atoms with van der Waals surface area (Å²) in [6.07, 6.45) is 6.77. The molecule has 1 saturated carbocycles. The first kappa shape index (κ1) is 13.5. The van der Waals surface area contributed by atoms with Crippen molar-refractivity contribution in [3.8, 4) is 0 Å². The molecule has 1 aromatic rings. The van der Waals surface area contributed by atoms with Crippen molar-refractivity contribution in [3.63, 3.8) is 0 Å². The van der Waals surface area contributed by atoms with Gasteiger partial charge in [-0.1, -0.05) is 41.6 Å². The summed E-state index contributed by atoms with van der Waals surface area (Å²) in [5.41, 5.74) is 0.127. The van der Waals surface area contributed by atoms with Crippen molar-refractivity contribution < 1.29 is 9.18 Å². The van der Waals surface area contributed by atoms with E-state index < -0.39 is 5.82 Å². The Morgan fingerprint density at radius 3 is 2.50 bits per heavy atom. The molecule has 0 unspecified atom stereocenters. The Kier molecular flexibility index (Phi) is 4.75. The second kappa shape index (κ2) is 6.32. The van der Waals surface area contributed by atoms with Gasteiger partial charge in [-0.05, 0) is 31.0 Å². The molecule has 1 fully saturated rings. The molecule has 0 heterocycles. The van der Waals surface area contributed by atoms with Crippen LogP contribution < -0.4 is 5.32 Å². The third-order valence-corrected chi connectivity index (χ3v) is 3.86. The molecule has 0 aromatic heterocycles. The molecule has 1 aliphatic rings. The molecular formula is C14H17BrFNO. The van der Waals surface area contributed by atoms with Crippen molar-refractivity contribution in [1.82, 2.24) is 5.32 Å². The molecule has 0 radical (unpaired) electrons. The smallest absolute Gasteiger partial charge is 0.254 e. The highest BCUT2D eigenvalue weighted by Gasteiger charge is 2.18. The molecule has 0 aliphatic heterocycles. The lowest BCUT2D eigenvalue weighted by Gasteiger charge is -2.16. The molecule has 4 heteroatoms. The molecule has 1 amide bonds. The SMILES string of the molecule is O=C(NC1CCCCCC1)c1ccc(Br)cc1F. The first-order valence-electron chi connectivity index (χ1n) is 6.43. The van der Waals surface area contributed by atoms with Crippen molar-refractivity contribution in [1.29, 1.82) is 0 Å². The normalized spacial score (nSPS) is 17.2. The maximum atomic E-state index is 13.6. The lowest BCUT2D eigenvalue weighted by molar-refractivity contribution is 0.0929. The van der Waals surface area contributed by atoms with E-state index in [1.807, 2.05) is 0 Å². The fourth-order valence-corrected chi connectivity index (χ4v) is 2.69. The van der Waals surface area contributed by atoms with Crippen LogP contribution in [0.5, 0.6) is 0 Å². The van der Waals surface area contributed by atoms with Gasteiger partial charge in [0.25, 0.3) is 5.91 Å². The van der Waals surface area contributed by atoms with E-state index in [1.54, 1.807) is 6.07 Å². The predicted octanol–water partition coefficient (Wildman–Crippen LogP) is 4.04. The summed E-state index contributed by atoms with van der Waals surface area (Å²) >= 11 is 3.18. The molecule has 0 bridgehead atoms. The van der Waals surface area contributed by atoms with E-state index in [4.69, 9.17) is 0 Å². The van der Waals surface area contributed by atoms with Crippen LogP contribution in [0.25, 0.3) is 0 Å². The third-order valence-electron chi connectivity index (χ3n) is 3.37. The lowest BCUT2D eigenvalue weighted by Crippen LogP contribution is -2.34. The van der Waals surface area contributed by atoms with Crippen molar-refractivity contribution >= 4 is 21.8 Å². The minimum absolute atomic E-state index is 0.127. The number of hydrogen-bond donors (Lipinski definition) is 1. The van der Waals surface area contributed by atoms with E-state index in [2.05, 4.69) is 21.2 Å². The van der Waals surface area contributed by atoms with Crippen LogP contribution >= 0.6 is 15.9 Å². The fraction of sp³-hybridized carbons (Fsp3) is 0.500. The molecule has 98 valence electrons. The fourth-order valence-electron chi connectivity index (χ4n) is 2.36. The van der Waals surface area contributed by atoms with Gasteiger partial charge < -0.3 is 5.32 Å². The Morgan fingerprint density at radius 1 is 1.22 bits per heavy atom. The number of carbonyl (C=O) groups excluding carboxylic acids is 1. The maximum absolute atomic E-state index is 13.6. The van der Waals surface area contributed by atoms with E-state index >= 15 is 0 Å². The van der Waals surface area contributed by atoms with Gasteiger partial charge in [0.15, 0.2) is 0 Å². The summed E-state index contributed by atoms with van der Waals surface area (Å²) in [6.45, 7) is 0. The lowest BCUT2D eigenvalue weighted by atomic mass is 10.1. The summed E-state index contributed by atoms with van der Waals surface area (Å²) in [5.74, 6) is -0.776. The van der Waals surface area contributed by atoms with Gasteiger partial charge in [0, 0.05) is 10.5 Å². The van der Waals surface area contributed by atoms with Gasteiger partial charge >= 0.3 is 0 Å². The highest BCUT2D eigenvalue weighted by Crippen LogP contribution is 2.19. The van der Waals surface area contributed by atoms with Crippen molar-refractivity contribution in [2.24, 2.45) is 0 Å². The Hall–Kier alpha value is -0.900. The minimum atomic E-state index is -0.476. The molecule has 2 rings (SSSR count). The van der Waals surface area contributed by atoms with Crippen molar-refractivity contribution in [3.05, 3.63) is 34.1 Å². The highest BCUT2D eigenvalue weighted by atomic mass is 79.9. The number of nitrogens with one attached hydrogen (secondary N) is 1. The quantitative estimate of drug-likeness (QED) is 0.820. The van der Waals surface area contributed by atoms with Crippen LogP contribution in [0.2, 0.25) is 0 Å². The van der Waals surface area contributed by atoms with Gasteiger partial charge in [0.05, 0.1) is 5.56 Å². The van der Waals surface area contributed by atoms with Crippen LogP contribution in [0.4, 0.5) is 4.39 Å². The van der Waals surface area contributed by atoms with Crippen LogP contribution in [0.3, 0.4) is 0 Å². The number of carbonyl (C=O) groups is 1. The molecule has 1 aliphatic carbocycles. The summed E-state index contributed by atoms with van der Waals surface area (Å²) in [4.78, 5) is 12.0. The first-order valence-corrected chi connectivity index (χ1v) is 7.22. The van der Waals surface area contributed by atoms with Crippen LogP contribution in [0.15, 0.2) is 22.7 Å². The van der Waals surface area contributed by atoms with Crippen LogP contribution in [-0.2, 0) is 0 Å². The Labute approximate surface area is 115 Å². The van der Waals surface area contributed by atoms with Crippen LogP contribution in [0.1, 0.15) is 48.9 Å². The number of benzene rings is 1. The summed E-state index contributed by atoms with van der Waals surface area (Å²) in [5, 5.41) is 2.94. The number of rotatable bonds is 2. The zero-order chi connectivity index (χ0) is 13.0. The van der Waals surface area contributed by atoms with Crippen LogP contribution in [0, 0.1) is 5.82 Å². The zero-order valence-corrected chi connectivity index (χ0v) is 11.8. The van der Waals surface area contributed by atoms with E-state index in [1.165, 1.54) is 25.0 Å². The standard InChI is InChI=1S/C14H17BrFNO/c15-10-7-8-12(13(16)9-10)14(18)17-11-5-3-1-2-4-6-11/h7-9,11H,1-6H2,(H,17,18). The highest BCUT2D eigenvalue weighted by molar-refractivity contribution is 9.10. The molecule has 0 atom stereocenters. The first-order chi connectivity index (χ1) is 8.66. The summed E-state index contributed by atoms with van der Waals surface area (Å²) in [7, 11) is 0. The molecule has 0 spiro atoms. The average Bonchev–Trinajstić information content (AvgIpc) is 2.57. The zero-order valence-electron chi connectivity index (χ0n) is 10.2. The van der Waals surface area contributed by atoms with E-state index in [-0.39, 0.29) is 17.5 Å². The molecule has 1 N–H and O–H groups in total. The Morgan fingerprint density at radius 2 is 1.89 bits per heavy atom. The summed E-state index contributed by atoms with van der Waals surface area (Å²) in [6, 6.07) is 4.72. The van der Waals surface area contributed by atoms with E-state index in [9.17, 15) is 9.18 Å². The van der Waals surface area contributed by atoms with Gasteiger partial charge in [0.1, 0.15) is 5.82 Å². The topological polar surface area (TPSA) is 29.1 Å². The van der Waals surface area contributed by atoms with Gasteiger partial charge in [-0.2, -0.15) is 0 Å². The van der Waals surface area contributed by atoms with Gasteiger partial charge in [-0.15, -0.1) is 0 Å². The van der Waals surface area contributed by atoms with Crippen molar-refractivity contribution in [2.45, 2.75) is 44.6 Å². The molecular weight excluding hydrogens is 297 g/mol. The number of halogens is 2. The Balaban J connectivity index is 2.02. The molecule has 1 aromatic carbocycles. The van der Waals surface area contributed by atoms with E-state index in [0.717, 1.165) is 25.7 Å². The predicted molar refractivity (Wildman–Crippen MR) is 73.1 cm³/mol. The van der Waals surface area contributed by atoms with Gasteiger partial charge in [-0.25, -0.2) is 4.39 Å². The van der Waals surface area contributed by atoms with Crippen molar-refractivity contribution in [2.75, 3.05) is 0 Å². The maximum Gasteiger partial charge on any atom is 0.254 e. The molecule has 18 heavy (non-hydrogen) atoms. The number of hydrogen-bond acceptors (Lipinski definition) is 1.